The van der Waals surface area contributed by atoms with Crippen LogP contribution in [0.4, 0.5) is 0 Å². The van der Waals surface area contributed by atoms with E-state index in [0.29, 0.717) is 6.42 Å². The minimum atomic E-state index is 0.450. The molecular weight excluding hydrogens is 184 g/mol. The van der Waals surface area contributed by atoms with Crippen molar-refractivity contribution in [1.82, 2.24) is 0 Å². The van der Waals surface area contributed by atoms with Gasteiger partial charge in [-0.1, -0.05) is 29.8 Å². The smallest absolute Gasteiger partial charge is 0.123 e. The molecule has 1 aromatic carbocycles. The van der Waals surface area contributed by atoms with Crippen LogP contribution in [0.25, 0.3) is 6.08 Å². The van der Waals surface area contributed by atoms with Crippen molar-refractivity contribution >= 4 is 24.0 Å². The normalized spacial score (nSPS) is 10.6. The van der Waals surface area contributed by atoms with Gasteiger partial charge in [0.25, 0.3) is 0 Å². The number of hydrogen-bond acceptors (Lipinski definition) is 1. The Kier molecular flexibility index (Phi) is 3.71. The molecule has 1 rings (SSSR count). The summed E-state index contributed by atoms with van der Waals surface area (Å²) in [5, 5.41) is 0.728. The number of aryl methyl sites for hydroxylation is 1. The van der Waals surface area contributed by atoms with Crippen LogP contribution in [0.15, 0.2) is 24.3 Å². The number of hydrogen-bond donors (Lipinski definition) is 0. The van der Waals surface area contributed by atoms with Crippen molar-refractivity contribution in [3.63, 3.8) is 0 Å². The summed E-state index contributed by atoms with van der Waals surface area (Å²) < 4.78 is 0. The van der Waals surface area contributed by atoms with Gasteiger partial charge >= 0.3 is 0 Å². The molecule has 0 spiro atoms. The van der Waals surface area contributed by atoms with Gasteiger partial charge in [0.2, 0.25) is 0 Å². The molecule has 0 amide bonds. The molecule has 0 saturated carbocycles. The molecule has 13 heavy (non-hydrogen) atoms. The van der Waals surface area contributed by atoms with Gasteiger partial charge in [0.05, 0.1) is 0 Å². The Morgan fingerprint density at radius 2 is 2.15 bits per heavy atom. The molecule has 0 atom stereocenters. The zero-order chi connectivity index (χ0) is 9.68. The monoisotopic (exact) mass is 194 g/mol. The topological polar surface area (TPSA) is 17.1 Å². The molecule has 0 aliphatic rings. The minimum absolute atomic E-state index is 0.450. The van der Waals surface area contributed by atoms with E-state index in [9.17, 15) is 4.79 Å². The van der Waals surface area contributed by atoms with Crippen molar-refractivity contribution < 1.29 is 4.79 Å². The summed E-state index contributed by atoms with van der Waals surface area (Å²) in [5.74, 6) is 0. The highest BCUT2D eigenvalue weighted by Gasteiger charge is 1.92. The van der Waals surface area contributed by atoms with Crippen LogP contribution in [-0.4, -0.2) is 6.29 Å². The fourth-order valence-electron chi connectivity index (χ4n) is 1.12. The summed E-state index contributed by atoms with van der Waals surface area (Å²) in [6, 6.07) is 5.79. The maximum atomic E-state index is 10.1. The van der Waals surface area contributed by atoms with E-state index < -0.39 is 0 Å². The highest BCUT2D eigenvalue weighted by atomic mass is 35.5. The van der Waals surface area contributed by atoms with Crippen LogP contribution in [0, 0.1) is 6.92 Å². The fourth-order valence-corrected chi connectivity index (χ4v) is 1.42. The van der Waals surface area contributed by atoms with Crippen LogP contribution in [0.1, 0.15) is 17.5 Å². The Bertz CT molecular complexity index is 309. The number of carbonyl (C=O) groups excluding carboxylic acids is 1. The second kappa shape index (κ2) is 4.83. The van der Waals surface area contributed by atoms with E-state index in [1.807, 2.05) is 37.3 Å². The molecule has 68 valence electrons. The van der Waals surface area contributed by atoms with E-state index in [4.69, 9.17) is 11.6 Å². The molecule has 1 nitrogen and oxygen atoms in total. The predicted octanol–water partition coefficient (Wildman–Crippen LogP) is 3.25. The number of benzene rings is 1. The van der Waals surface area contributed by atoms with E-state index in [1.54, 1.807) is 0 Å². The second-order valence-corrected chi connectivity index (χ2v) is 3.30. The van der Waals surface area contributed by atoms with E-state index >= 15 is 0 Å². The Hall–Kier alpha value is -1.08. The maximum Gasteiger partial charge on any atom is 0.123 e. The summed E-state index contributed by atoms with van der Waals surface area (Å²) in [4.78, 5) is 10.1. The highest BCUT2D eigenvalue weighted by molar-refractivity contribution is 6.30. The first-order chi connectivity index (χ1) is 6.22. The van der Waals surface area contributed by atoms with Gasteiger partial charge in [-0.25, -0.2) is 0 Å². The number of halogens is 1. The number of aldehydes is 1. The third kappa shape index (κ3) is 3.43. The van der Waals surface area contributed by atoms with Gasteiger partial charge in [-0.2, -0.15) is 0 Å². The average molecular weight is 195 g/mol. The largest absolute Gasteiger partial charge is 0.303 e. The molecule has 0 bridgehead atoms. The van der Waals surface area contributed by atoms with Crippen molar-refractivity contribution in [1.29, 1.82) is 0 Å². The lowest BCUT2D eigenvalue weighted by Crippen LogP contribution is -1.77. The molecule has 0 unspecified atom stereocenters. The zero-order valence-electron chi connectivity index (χ0n) is 7.46. The summed E-state index contributed by atoms with van der Waals surface area (Å²) in [7, 11) is 0. The molecular formula is C11H11ClO. The Morgan fingerprint density at radius 1 is 1.38 bits per heavy atom. The summed E-state index contributed by atoms with van der Waals surface area (Å²) in [6.45, 7) is 1.99. The van der Waals surface area contributed by atoms with E-state index in [2.05, 4.69) is 0 Å². The first kappa shape index (κ1) is 10.0. The van der Waals surface area contributed by atoms with Gasteiger partial charge in [-0.3, -0.25) is 0 Å². The van der Waals surface area contributed by atoms with E-state index in [-0.39, 0.29) is 0 Å². The van der Waals surface area contributed by atoms with Crippen LogP contribution in [0.5, 0.6) is 0 Å². The van der Waals surface area contributed by atoms with Gasteiger partial charge in [0.15, 0.2) is 0 Å². The van der Waals surface area contributed by atoms with Crippen LogP contribution in [0.3, 0.4) is 0 Å². The highest BCUT2D eigenvalue weighted by Crippen LogP contribution is 2.15. The van der Waals surface area contributed by atoms with Gasteiger partial charge in [-0.15, -0.1) is 0 Å². The lowest BCUT2D eigenvalue weighted by molar-refractivity contribution is -0.107. The standard InChI is InChI=1S/C11H11ClO/c1-9-6-10(4-2-3-5-13)8-11(12)7-9/h2,4-8H,3H2,1H3. The molecule has 0 aromatic heterocycles. The maximum absolute atomic E-state index is 10.1. The molecule has 0 aliphatic carbocycles. The van der Waals surface area contributed by atoms with Crippen LogP contribution < -0.4 is 0 Å². The third-order valence-electron chi connectivity index (χ3n) is 1.61. The average Bonchev–Trinajstić information content (AvgIpc) is 2.03. The number of carbonyl (C=O) groups is 1. The molecule has 0 fully saturated rings. The van der Waals surface area contributed by atoms with Crippen molar-refractivity contribution in [2.75, 3.05) is 0 Å². The van der Waals surface area contributed by atoms with Gasteiger partial charge in [-0.05, 0) is 30.2 Å². The number of rotatable bonds is 3. The number of allylic oxidation sites excluding steroid dienone is 1. The van der Waals surface area contributed by atoms with Crippen molar-refractivity contribution in [2.24, 2.45) is 0 Å². The first-order valence-corrected chi connectivity index (χ1v) is 4.47. The second-order valence-electron chi connectivity index (χ2n) is 2.87. The molecule has 2 heteroatoms. The molecule has 0 saturated heterocycles. The van der Waals surface area contributed by atoms with Crippen molar-refractivity contribution in [3.05, 3.63) is 40.4 Å². The Morgan fingerprint density at radius 3 is 2.77 bits per heavy atom. The molecule has 0 aliphatic heterocycles. The summed E-state index contributed by atoms with van der Waals surface area (Å²) in [6.07, 6.45) is 5.03. The summed E-state index contributed by atoms with van der Waals surface area (Å²) in [5.41, 5.74) is 2.16. The summed E-state index contributed by atoms with van der Waals surface area (Å²) >= 11 is 5.86. The molecule has 0 N–H and O–H groups in total. The van der Waals surface area contributed by atoms with Gasteiger partial charge < -0.3 is 4.79 Å². The van der Waals surface area contributed by atoms with E-state index in [0.717, 1.165) is 22.4 Å². The third-order valence-corrected chi connectivity index (χ3v) is 1.83. The zero-order valence-corrected chi connectivity index (χ0v) is 8.21. The SMILES string of the molecule is Cc1cc(Cl)cc(C=CCC=O)c1. The lowest BCUT2D eigenvalue weighted by atomic mass is 10.1. The lowest BCUT2D eigenvalue weighted by Gasteiger charge is -1.97. The predicted molar refractivity (Wildman–Crippen MR) is 55.9 cm³/mol. The van der Waals surface area contributed by atoms with E-state index in [1.165, 1.54) is 0 Å². The van der Waals surface area contributed by atoms with Gasteiger partial charge in [0.1, 0.15) is 6.29 Å². The minimum Gasteiger partial charge on any atom is -0.303 e. The van der Waals surface area contributed by atoms with Crippen LogP contribution in [0.2, 0.25) is 5.02 Å². The molecule has 0 heterocycles. The fraction of sp³-hybridized carbons (Fsp3) is 0.182. The van der Waals surface area contributed by atoms with Gasteiger partial charge in [0, 0.05) is 11.4 Å². The first-order valence-electron chi connectivity index (χ1n) is 4.10. The van der Waals surface area contributed by atoms with Crippen LogP contribution in [-0.2, 0) is 4.79 Å². The van der Waals surface area contributed by atoms with Crippen LogP contribution >= 0.6 is 11.6 Å². The molecule has 0 radical (unpaired) electrons. The molecule has 1 aromatic rings. The van der Waals surface area contributed by atoms with Crippen molar-refractivity contribution in [3.8, 4) is 0 Å². The van der Waals surface area contributed by atoms with Crippen molar-refractivity contribution in [2.45, 2.75) is 13.3 Å². The Labute approximate surface area is 83.0 Å². The Balaban J connectivity index is 2.82. The quantitative estimate of drug-likeness (QED) is 0.676.